The summed E-state index contributed by atoms with van der Waals surface area (Å²) in [5.74, 6) is 0. The fourth-order valence-corrected chi connectivity index (χ4v) is 2.66. The van der Waals surface area contributed by atoms with Gasteiger partial charge >= 0.3 is 0 Å². The van der Waals surface area contributed by atoms with Crippen LogP contribution in [0.2, 0.25) is 0 Å². The second-order valence-electron chi connectivity index (χ2n) is 5.01. The first-order valence-electron chi connectivity index (χ1n) is 6.51. The zero-order chi connectivity index (χ0) is 12.5. The number of allylic oxidation sites excluding steroid dienone is 1. The predicted molar refractivity (Wildman–Crippen MR) is 75.1 cm³/mol. The van der Waals surface area contributed by atoms with Gasteiger partial charge in [0, 0.05) is 17.2 Å². The van der Waals surface area contributed by atoms with E-state index < -0.39 is 0 Å². The van der Waals surface area contributed by atoms with Crippen molar-refractivity contribution < 1.29 is 4.57 Å². The van der Waals surface area contributed by atoms with Gasteiger partial charge in [-0.2, -0.15) is 0 Å². The van der Waals surface area contributed by atoms with Crippen LogP contribution in [0, 0.1) is 6.92 Å². The lowest BCUT2D eigenvalue weighted by molar-refractivity contribution is -0.660. The van der Waals surface area contributed by atoms with Crippen molar-refractivity contribution in [1.82, 2.24) is 0 Å². The van der Waals surface area contributed by atoms with Crippen LogP contribution in [0.5, 0.6) is 0 Å². The smallest absolute Gasteiger partial charge is 0.200 e. The van der Waals surface area contributed by atoms with E-state index in [2.05, 4.69) is 67.2 Å². The number of nitrogens with zero attached hydrogens (tertiary/aromatic N) is 1. The fraction of sp³-hybridized carbons (Fsp3) is 0.235. The van der Waals surface area contributed by atoms with Crippen LogP contribution in [0.4, 0.5) is 0 Å². The Labute approximate surface area is 108 Å². The number of aryl methyl sites for hydroxylation is 3. The van der Waals surface area contributed by atoms with Crippen LogP contribution in [0.15, 0.2) is 42.6 Å². The van der Waals surface area contributed by atoms with E-state index in [0.717, 1.165) is 12.8 Å². The number of fused-ring (bicyclic) bond motifs is 1. The SMILES string of the molecule is Cc1ccccc1-c1cc2c(c[n+]1C)C=CCC2. The van der Waals surface area contributed by atoms with Crippen LogP contribution in [0.1, 0.15) is 23.1 Å². The molecule has 0 bridgehead atoms. The lowest BCUT2D eigenvalue weighted by Crippen LogP contribution is -2.32. The first-order valence-corrected chi connectivity index (χ1v) is 6.51. The number of benzene rings is 1. The van der Waals surface area contributed by atoms with Crippen LogP contribution >= 0.6 is 0 Å². The molecule has 3 rings (SSSR count). The second kappa shape index (κ2) is 4.41. The molecular formula is C17H18N+. The molecule has 18 heavy (non-hydrogen) atoms. The van der Waals surface area contributed by atoms with E-state index in [-0.39, 0.29) is 0 Å². The summed E-state index contributed by atoms with van der Waals surface area (Å²) < 4.78 is 2.23. The molecule has 0 aliphatic heterocycles. The van der Waals surface area contributed by atoms with Crippen LogP contribution < -0.4 is 4.57 Å². The average molecular weight is 236 g/mol. The molecule has 1 heterocycles. The highest BCUT2D eigenvalue weighted by Gasteiger charge is 2.16. The number of hydrogen-bond acceptors (Lipinski definition) is 0. The number of aromatic nitrogens is 1. The Hall–Kier alpha value is -1.89. The lowest BCUT2D eigenvalue weighted by atomic mass is 9.96. The molecule has 2 aromatic rings. The highest BCUT2D eigenvalue weighted by Crippen LogP contribution is 2.25. The molecule has 0 atom stereocenters. The molecule has 0 N–H and O–H groups in total. The van der Waals surface area contributed by atoms with Gasteiger partial charge in [0.2, 0.25) is 5.69 Å². The summed E-state index contributed by atoms with van der Waals surface area (Å²) >= 11 is 0. The van der Waals surface area contributed by atoms with Gasteiger partial charge in [-0.3, -0.25) is 0 Å². The minimum atomic E-state index is 1.16. The maximum atomic E-state index is 2.35. The van der Waals surface area contributed by atoms with Gasteiger partial charge in [0.15, 0.2) is 6.20 Å². The summed E-state index contributed by atoms with van der Waals surface area (Å²) in [6.45, 7) is 2.18. The molecule has 0 fully saturated rings. The molecule has 0 saturated carbocycles. The number of rotatable bonds is 1. The van der Waals surface area contributed by atoms with E-state index in [1.807, 2.05) is 0 Å². The van der Waals surface area contributed by atoms with E-state index >= 15 is 0 Å². The Kier molecular flexibility index (Phi) is 2.75. The molecule has 1 aromatic heterocycles. The quantitative estimate of drug-likeness (QED) is 0.668. The van der Waals surface area contributed by atoms with Crippen LogP contribution in [0.25, 0.3) is 17.3 Å². The zero-order valence-corrected chi connectivity index (χ0v) is 11.0. The summed E-state index contributed by atoms with van der Waals surface area (Å²) in [5, 5.41) is 0. The highest BCUT2D eigenvalue weighted by atomic mass is 14.9. The highest BCUT2D eigenvalue weighted by molar-refractivity contribution is 5.64. The summed E-state index contributed by atoms with van der Waals surface area (Å²) in [6.07, 6.45) is 9.06. The molecule has 1 heteroatoms. The Morgan fingerprint density at radius 3 is 2.83 bits per heavy atom. The van der Waals surface area contributed by atoms with Crippen molar-refractivity contribution in [3.05, 3.63) is 59.3 Å². The van der Waals surface area contributed by atoms with E-state index in [1.165, 1.54) is 27.9 Å². The minimum Gasteiger partial charge on any atom is -0.200 e. The molecule has 90 valence electrons. The van der Waals surface area contributed by atoms with Crippen LogP contribution in [0.3, 0.4) is 0 Å². The third kappa shape index (κ3) is 1.86. The summed E-state index contributed by atoms with van der Waals surface area (Å²) in [5.41, 5.74) is 6.80. The van der Waals surface area contributed by atoms with Crippen molar-refractivity contribution in [2.24, 2.45) is 7.05 Å². The lowest BCUT2D eigenvalue weighted by Gasteiger charge is -2.11. The first kappa shape index (κ1) is 11.2. The topological polar surface area (TPSA) is 3.88 Å². The maximum Gasteiger partial charge on any atom is 0.212 e. The molecule has 0 amide bonds. The Balaban J connectivity index is 2.19. The molecule has 1 aliphatic carbocycles. The standard InChI is InChI=1S/C17H18N/c1-13-7-3-6-10-16(13)17-11-14-8-4-5-9-15(14)12-18(17)2/h3,5-7,9-12H,4,8H2,1-2H3/q+1. The van der Waals surface area contributed by atoms with Crippen LogP contribution in [-0.4, -0.2) is 0 Å². The molecule has 1 aromatic carbocycles. The van der Waals surface area contributed by atoms with Crippen molar-refractivity contribution in [1.29, 1.82) is 0 Å². The van der Waals surface area contributed by atoms with Crippen molar-refractivity contribution in [3.8, 4) is 11.3 Å². The van der Waals surface area contributed by atoms with Crippen LogP contribution in [-0.2, 0) is 13.5 Å². The molecule has 0 unspecified atom stereocenters. The maximum absolute atomic E-state index is 2.35. The molecule has 1 aliphatic rings. The third-order valence-corrected chi connectivity index (χ3v) is 3.69. The molecule has 0 spiro atoms. The van der Waals surface area contributed by atoms with Gasteiger partial charge in [0.1, 0.15) is 7.05 Å². The van der Waals surface area contributed by atoms with Crippen molar-refractivity contribution in [2.75, 3.05) is 0 Å². The van der Waals surface area contributed by atoms with Gasteiger partial charge in [-0.05, 0) is 37.0 Å². The summed E-state index contributed by atoms with van der Waals surface area (Å²) in [4.78, 5) is 0. The van der Waals surface area contributed by atoms with Gasteiger partial charge in [-0.1, -0.05) is 30.4 Å². The number of pyridine rings is 1. The average Bonchev–Trinajstić information content (AvgIpc) is 2.39. The van der Waals surface area contributed by atoms with E-state index in [4.69, 9.17) is 0 Å². The van der Waals surface area contributed by atoms with Gasteiger partial charge < -0.3 is 0 Å². The molecular weight excluding hydrogens is 218 g/mol. The van der Waals surface area contributed by atoms with Crippen molar-refractivity contribution in [3.63, 3.8) is 0 Å². The zero-order valence-electron chi connectivity index (χ0n) is 11.0. The predicted octanol–water partition coefficient (Wildman–Crippen LogP) is 3.45. The van der Waals surface area contributed by atoms with E-state index in [9.17, 15) is 0 Å². The van der Waals surface area contributed by atoms with Gasteiger partial charge in [-0.15, -0.1) is 0 Å². The minimum absolute atomic E-state index is 1.16. The Morgan fingerprint density at radius 2 is 2.00 bits per heavy atom. The molecule has 0 saturated heterocycles. The van der Waals surface area contributed by atoms with Gasteiger partial charge in [0.25, 0.3) is 0 Å². The van der Waals surface area contributed by atoms with E-state index in [1.54, 1.807) is 0 Å². The largest absolute Gasteiger partial charge is 0.212 e. The Morgan fingerprint density at radius 1 is 1.17 bits per heavy atom. The first-order chi connectivity index (χ1) is 8.75. The normalized spacial score (nSPS) is 13.4. The van der Waals surface area contributed by atoms with Gasteiger partial charge in [0.05, 0.1) is 0 Å². The van der Waals surface area contributed by atoms with Crippen molar-refractivity contribution >= 4 is 6.08 Å². The third-order valence-electron chi connectivity index (χ3n) is 3.69. The molecule has 1 nitrogen and oxygen atoms in total. The van der Waals surface area contributed by atoms with Crippen molar-refractivity contribution in [2.45, 2.75) is 19.8 Å². The second-order valence-corrected chi connectivity index (χ2v) is 5.01. The van der Waals surface area contributed by atoms with E-state index in [0.29, 0.717) is 0 Å². The summed E-state index contributed by atoms with van der Waals surface area (Å²) in [6, 6.07) is 10.9. The number of hydrogen-bond donors (Lipinski definition) is 0. The molecule has 0 radical (unpaired) electrons. The summed E-state index contributed by atoms with van der Waals surface area (Å²) in [7, 11) is 2.13. The Bertz CT molecular complexity index is 624. The monoisotopic (exact) mass is 236 g/mol. The van der Waals surface area contributed by atoms with Gasteiger partial charge in [-0.25, -0.2) is 4.57 Å². The fourth-order valence-electron chi connectivity index (χ4n) is 2.66.